The van der Waals surface area contributed by atoms with Gasteiger partial charge in [0.15, 0.2) is 0 Å². The molecule has 6 heteroatoms. The molecule has 1 N–H and O–H groups in total. The van der Waals surface area contributed by atoms with E-state index in [2.05, 4.69) is 21.9 Å². The normalized spacial score (nSPS) is 10.3. The molecule has 0 aliphatic carbocycles. The van der Waals surface area contributed by atoms with Crippen LogP contribution in [0.5, 0.6) is 0 Å². The average molecular weight is 338 g/mol. The highest BCUT2D eigenvalue weighted by atomic mass is 35.5. The fraction of sp³-hybridized carbons (Fsp3) is 0.412. The number of rotatable bonds is 3. The number of nitrogens with one attached hydrogen (secondary N) is 1. The zero-order valence-corrected chi connectivity index (χ0v) is 14.4. The number of carbonyl (C=O) groups is 2. The predicted octanol–water partition coefficient (Wildman–Crippen LogP) is 3.39. The number of methoxy groups -OCH3 is 1. The fourth-order valence-corrected chi connectivity index (χ4v) is 1.77. The standard InChI is InChI=1S/C17H20ClNO4/c1-17(2,3)23-16(21)19-10-6-5-7-12-8-9-14(18)13(11-12)15(20)22-4/h8-9,11H,6,10H2,1-4H3,(H,19,21). The van der Waals surface area contributed by atoms with E-state index in [4.69, 9.17) is 16.3 Å². The SMILES string of the molecule is COC(=O)c1cc(C#CCCNC(=O)OC(C)(C)C)ccc1Cl. The van der Waals surface area contributed by atoms with Gasteiger partial charge in [-0.2, -0.15) is 0 Å². The molecule has 0 bridgehead atoms. The molecular formula is C17H20ClNO4. The Balaban J connectivity index is 2.54. The minimum absolute atomic E-state index is 0.271. The van der Waals surface area contributed by atoms with Gasteiger partial charge < -0.3 is 14.8 Å². The molecule has 1 amide bonds. The van der Waals surface area contributed by atoms with E-state index in [0.717, 1.165) is 0 Å². The Morgan fingerprint density at radius 2 is 2.00 bits per heavy atom. The van der Waals surface area contributed by atoms with Gasteiger partial charge in [0.2, 0.25) is 0 Å². The van der Waals surface area contributed by atoms with Gasteiger partial charge in [-0.05, 0) is 39.0 Å². The van der Waals surface area contributed by atoms with Crippen molar-refractivity contribution in [2.24, 2.45) is 0 Å². The topological polar surface area (TPSA) is 64.6 Å². The van der Waals surface area contributed by atoms with Crippen LogP contribution < -0.4 is 5.32 Å². The highest BCUT2D eigenvalue weighted by molar-refractivity contribution is 6.33. The molecule has 0 saturated carbocycles. The van der Waals surface area contributed by atoms with E-state index in [1.54, 1.807) is 39.0 Å². The summed E-state index contributed by atoms with van der Waals surface area (Å²) in [7, 11) is 1.29. The van der Waals surface area contributed by atoms with Crippen molar-refractivity contribution in [3.05, 3.63) is 34.3 Å². The average Bonchev–Trinajstić information content (AvgIpc) is 2.45. The molecule has 1 aromatic carbocycles. The molecule has 0 aliphatic heterocycles. The number of carbonyl (C=O) groups excluding carboxylic acids is 2. The Labute approximate surface area is 141 Å². The maximum atomic E-state index is 11.5. The first-order valence-electron chi connectivity index (χ1n) is 7.06. The van der Waals surface area contributed by atoms with Crippen molar-refractivity contribution in [3.63, 3.8) is 0 Å². The molecule has 0 unspecified atom stereocenters. The molecule has 0 atom stereocenters. The van der Waals surface area contributed by atoms with Gasteiger partial charge in [0.25, 0.3) is 0 Å². The summed E-state index contributed by atoms with van der Waals surface area (Å²) < 4.78 is 9.75. The van der Waals surface area contributed by atoms with E-state index < -0.39 is 17.7 Å². The summed E-state index contributed by atoms with van der Waals surface area (Å²) >= 11 is 5.93. The lowest BCUT2D eigenvalue weighted by atomic mass is 10.1. The molecule has 124 valence electrons. The third kappa shape index (κ3) is 7.07. The Hall–Kier alpha value is -2.19. The van der Waals surface area contributed by atoms with Crippen molar-refractivity contribution in [1.82, 2.24) is 5.32 Å². The summed E-state index contributed by atoms with van der Waals surface area (Å²) in [4.78, 5) is 23.0. The molecule has 23 heavy (non-hydrogen) atoms. The number of alkyl carbamates (subject to hydrolysis) is 1. The lowest BCUT2D eigenvalue weighted by Gasteiger charge is -2.19. The van der Waals surface area contributed by atoms with Crippen LogP contribution in [-0.4, -0.2) is 31.3 Å². The Morgan fingerprint density at radius 1 is 1.30 bits per heavy atom. The monoisotopic (exact) mass is 337 g/mol. The third-order valence-corrected chi connectivity index (χ3v) is 2.85. The van der Waals surface area contributed by atoms with Crippen molar-refractivity contribution in [3.8, 4) is 11.8 Å². The fourth-order valence-electron chi connectivity index (χ4n) is 1.58. The van der Waals surface area contributed by atoms with E-state index in [0.29, 0.717) is 23.6 Å². The third-order valence-electron chi connectivity index (χ3n) is 2.52. The van der Waals surface area contributed by atoms with E-state index in [-0.39, 0.29) is 5.56 Å². The van der Waals surface area contributed by atoms with Crippen LogP contribution >= 0.6 is 11.6 Å². The molecule has 1 rings (SSSR count). The van der Waals surface area contributed by atoms with Gasteiger partial charge in [-0.1, -0.05) is 23.4 Å². The number of benzene rings is 1. The second-order valence-electron chi connectivity index (χ2n) is 5.67. The van der Waals surface area contributed by atoms with Gasteiger partial charge in [-0.3, -0.25) is 0 Å². The smallest absolute Gasteiger partial charge is 0.407 e. The van der Waals surface area contributed by atoms with Crippen molar-refractivity contribution in [1.29, 1.82) is 0 Å². The van der Waals surface area contributed by atoms with Gasteiger partial charge in [-0.15, -0.1) is 0 Å². The van der Waals surface area contributed by atoms with Crippen LogP contribution in [0.3, 0.4) is 0 Å². The minimum Gasteiger partial charge on any atom is -0.465 e. The second kappa shape index (κ2) is 8.44. The zero-order chi connectivity index (χ0) is 17.5. The van der Waals surface area contributed by atoms with Gasteiger partial charge in [-0.25, -0.2) is 9.59 Å². The van der Waals surface area contributed by atoms with Crippen molar-refractivity contribution in [2.45, 2.75) is 32.8 Å². The molecule has 0 aromatic heterocycles. The van der Waals surface area contributed by atoms with Crippen LogP contribution in [-0.2, 0) is 9.47 Å². The number of hydrogen-bond donors (Lipinski definition) is 1. The summed E-state index contributed by atoms with van der Waals surface area (Å²) in [6, 6.07) is 4.88. The van der Waals surface area contributed by atoms with E-state index in [1.807, 2.05) is 0 Å². The molecule has 0 saturated heterocycles. The molecule has 1 aromatic rings. The quantitative estimate of drug-likeness (QED) is 0.521. The summed E-state index contributed by atoms with van der Waals surface area (Å²) in [6.07, 6.45) is -0.0196. The van der Waals surface area contributed by atoms with Crippen LogP contribution in [0.1, 0.15) is 43.1 Å². The molecule has 0 spiro atoms. The maximum Gasteiger partial charge on any atom is 0.407 e. The van der Waals surface area contributed by atoms with Crippen LogP contribution in [0.25, 0.3) is 0 Å². The largest absolute Gasteiger partial charge is 0.465 e. The number of halogens is 1. The lowest BCUT2D eigenvalue weighted by molar-refractivity contribution is 0.0527. The van der Waals surface area contributed by atoms with Crippen molar-refractivity contribution in [2.75, 3.05) is 13.7 Å². The summed E-state index contributed by atoms with van der Waals surface area (Å²) in [5.41, 5.74) is 0.392. The number of esters is 1. The summed E-state index contributed by atoms with van der Waals surface area (Å²) in [5.74, 6) is 5.30. The Morgan fingerprint density at radius 3 is 2.61 bits per heavy atom. The van der Waals surface area contributed by atoms with Crippen LogP contribution in [0, 0.1) is 11.8 Å². The predicted molar refractivity (Wildman–Crippen MR) is 88.5 cm³/mol. The molecular weight excluding hydrogens is 318 g/mol. The van der Waals surface area contributed by atoms with E-state index in [1.165, 1.54) is 7.11 Å². The van der Waals surface area contributed by atoms with Gasteiger partial charge >= 0.3 is 12.1 Å². The first-order chi connectivity index (χ1) is 10.7. The van der Waals surface area contributed by atoms with E-state index in [9.17, 15) is 9.59 Å². The summed E-state index contributed by atoms with van der Waals surface area (Å²) in [5, 5.41) is 2.93. The molecule has 0 aliphatic rings. The first-order valence-corrected chi connectivity index (χ1v) is 7.44. The minimum atomic E-state index is -0.524. The van der Waals surface area contributed by atoms with E-state index >= 15 is 0 Å². The van der Waals surface area contributed by atoms with Gasteiger partial charge in [0.1, 0.15) is 5.60 Å². The molecule has 0 fully saturated rings. The van der Waals surface area contributed by atoms with Crippen molar-refractivity contribution < 1.29 is 19.1 Å². The molecule has 0 heterocycles. The maximum absolute atomic E-state index is 11.5. The second-order valence-corrected chi connectivity index (χ2v) is 6.07. The van der Waals surface area contributed by atoms with Gasteiger partial charge in [0, 0.05) is 18.5 Å². The van der Waals surface area contributed by atoms with Crippen LogP contribution in [0.4, 0.5) is 4.79 Å². The zero-order valence-electron chi connectivity index (χ0n) is 13.7. The number of amides is 1. The van der Waals surface area contributed by atoms with Crippen LogP contribution in [0.15, 0.2) is 18.2 Å². The Bertz CT molecular complexity index is 638. The molecule has 5 nitrogen and oxygen atoms in total. The highest BCUT2D eigenvalue weighted by Crippen LogP contribution is 2.18. The highest BCUT2D eigenvalue weighted by Gasteiger charge is 2.15. The lowest BCUT2D eigenvalue weighted by Crippen LogP contribution is -2.32. The number of hydrogen-bond acceptors (Lipinski definition) is 4. The Kier molecular flexibility index (Phi) is 6.92. The first kappa shape index (κ1) is 18.9. The summed E-state index contributed by atoms with van der Waals surface area (Å²) in [6.45, 7) is 5.77. The molecule has 0 radical (unpaired) electrons. The van der Waals surface area contributed by atoms with Crippen LogP contribution in [0.2, 0.25) is 5.02 Å². The van der Waals surface area contributed by atoms with Gasteiger partial charge in [0.05, 0.1) is 17.7 Å². The van der Waals surface area contributed by atoms with Crippen molar-refractivity contribution >= 4 is 23.7 Å². The number of ether oxygens (including phenoxy) is 2.